The molecule has 1 amide bonds. The zero-order valence-corrected chi connectivity index (χ0v) is 21.8. The van der Waals surface area contributed by atoms with Crippen LogP contribution >= 0.6 is 22.9 Å². The second-order valence-electron chi connectivity index (χ2n) is 9.66. The Morgan fingerprint density at radius 2 is 1.89 bits per heavy atom. The normalized spacial score (nSPS) is 21.6. The molecule has 1 aromatic heterocycles. The summed E-state index contributed by atoms with van der Waals surface area (Å²) in [6, 6.07) is 9.85. The Bertz CT molecular complexity index is 1020. The number of carbonyl (C=O) groups excluding carboxylic acids is 1. The third-order valence-electron chi connectivity index (χ3n) is 7.60. The maximum atomic E-state index is 12.8. The molecule has 2 fully saturated rings. The number of fused-ring (bicyclic) bond motifs is 1. The van der Waals surface area contributed by atoms with Crippen LogP contribution in [0.25, 0.3) is 0 Å². The average molecular weight is 520 g/mol. The first-order valence-corrected chi connectivity index (χ1v) is 13.7. The molecule has 3 heterocycles. The molecule has 0 unspecified atom stereocenters. The fourth-order valence-corrected chi connectivity index (χ4v) is 6.93. The van der Waals surface area contributed by atoms with Gasteiger partial charge < -0.3 is 19.5 Å². The molecule has 2 atom stereocenters. The van der Waals surface area contributed by atoms with Crippen molar-refractivity contribution in [3.8, 4) is 5.06 Å². The fraction of sp³-hybridized carbons (Fsp3) is 0.577. The Morgan fingerprint density at radius 1 is 1.14 bits per heavy atom. The molecular weight excluding hydrogens is 486 g/mol. The van der Waals surface area contributed by atoms with Gasteiger partial charge in [-0.1, -0.05) is 42.6 Å². The summed E-state index contributed by atoms with van der Waals surface area (Å²) in [5.74, 6) is 0. The van der Waals surface area contributed by atoms with E-state index in [0.717, 1.165) is 50.3 Å². The number of nitrogens with zero attached hydrogens (tertiary/aromatic N) is 3. The van der Waals surface area contributed by atoms with Gasteiger partial charge in [-0.3, -0.25) is 9.80 Å². The molecule has 2 aromatic rings. The van der Waals surface area contributed by atoms with E-state index in [4.69, 9.17) is 21.1 Å². The van der Waals surface area contributed by atoms with Crippen LogP contribution < -0.4 is 4.74 Å². The van der Waals surface area contributed by atoms with Crippen molar-refractivity contribution >= 4 is 29.0 Å². The van der Waals surface area contributed by atoms with Crippen LogP contribution in [0, 0.1) is 0 Å². The molecule has 0 bridgehead atoms. The molecule has 190 valence electrons. The monoisotopic (exact) mass is 519 g/mol. The molecule has 1 aliphatic carbocycles. The molecule has 7 nitrogen and oxygen atoms in total. The summed E-state index contributed by atoms with van der Waals surface area (Å²) in [5, 5.41) is 11.9. The number of amides is 1. The van der Waals surface area contributed by atoms with E-state index in [9.17, 15) is 9.90 Å². The van der Waals surface area contributed by atoms with Crippen LogP contribution in [0.5, 0.6) is 5.06 Å². The molecule has 1 N–H and O–H groups in total. The van der Waals surface area contributed by atoms with Crippen molar-refractivity contribution in [2.75, 3.05) is 39.8 Å². The lowest BCUT2D eigenvalue weighted by Crippen LogP contribution is -2.52. The Hall–Kier alpha value is -1.68. The predicted molar refractivity (Wildman–Crippen MR) is 137 cm³/mol. The number of benzene rings is 1. The second kappa shape index (κ2) is 11.2. The van der Waals surface area contributed by atoms with Gasteiger partial charge in [0.2, 0.25) is 0 Å². The first kappa shape index (κ1) is 25.0. The molecule has 2 aliphatic heterocycles. The van der Waals surface area contributed by atoms with Crippen molar-refractivity contribution in [2.45, 2.75) is 57.0 Å². The van der Waals surface area contributed by atoms with Crippen molar-refractivity contribution in [1.82, 2.24) is 14.7 Å². The second-order valence-corrected chi connectivity index (χ2v) is 11.2. The number of aliphatic hydroxyl groups excluding tert-OH is 1. The highest BCUT2D eigenvalue weighted by molar-refractivity contribution is 7.14. The molecule has 3 aliphatic rings. The molecular formula is C26H34ClN3O4S. The number of methoxy groups -OCH3 is 1. The largest absolute Gasteiger partial charge is 0.416 e. The minimum atomic E-state index is -1.00. The predicted octanol–water partition coefficient (Wildman–Crippen LogP) is 4.52. The molecule has 35 heavy (non-hydrogen) atoms. The van der Waals surface area contributed by atoms with Crippen molar-refractivity contribution in [3.63, 3.8) is 0 Å². The summed E-state index contributed by atoms with van der Waals surface area (Å²) < 4.78 is 11.1. The van der Waals surface area contributed by atoms with Crippen molar-refractivity contribution in [2.24, 2.45) is 0 Å². The van der Waals surface area contributed by atoms with Gasteiger partial charge in [0.25, 0.3) is 0 Å². The lowest BCUT2D eigenvalue weighted by atomic mass is 10.0. The number of piperazine rings is 1. The Balaban J connectivity index is 1.22. The molecule has 1 saturated carbocycles. The number of thiophene rings is 1. The number of hydrogen-bond donors (Lipinski definition) is 1. The minimum Gasteiger partial charge on any atom is -0.399 e. The van der Waals surface area contributed by atoms with Gasteiger partial charge in [0.15, 0.2) is 11.4 Å². The highest BCUT2D eigenvalue weighted by Gasteiger charge is 2.33. The molecule has 9 heteroatoms. The summed E-state index contributed by atoms with van der Waals surface area (Å²) >= 11 is 8.01. The van der Waals surface area contributed by atoms with Crippen LogP contribution in [0.1, 0.15) is 47.7 Å². The molecule has 1 aromatic carbocycles. The number of aliphatic hydroxyl groups is 1. The van der Waals surface area contributed by atoms with Crippen molar-refractivity contribution < 1.29 is 19.4 Å². The van der Waals surface area contributed by atoms with E-state index in [2.05, 4.69) is 9.80 Å². The summed E-state index contributed by atoms with van der Waals surface area (Å²) in [7, 11) is 1.50. The Morgan fingerprint density at radius 3 is 2.60 bits per heavy atom. The highest BCUT2D eigenvalue weighted by Crippen LogP contribution is 2.38. The van der Waals surface area contributed by atoms with E-state index >= 15 is 0 Å². The third kappa shape index (κ3) is 5.53. The first-order chi connectivity index (χ1) is 17.0. The molecule has 0 radical (unpaired) electrons. The van der Waals surface area contributed by atoms with Gasteiger partial charge in [-0.15, -0.1) is 11.3 Å². The van der Waals surface area contributed by atoms with Gasteiger partial charge in [0, 0.05) is 62.3 Å². The maximum absolute atomic E-state index is 12.8. The topological polar surface area (TPSA) is 65.5 Å². The van der Waals surface area contributed by atoms with Gasteiger partial charge in [0.1, 0.15) is 0 Å². The highest BCUT2D eigenvalue weighted by atomic mass is 35.5. The lowest BCUT2D eigenvalue weighted by molar-refractivity contribution is -0.129. The van der Waals surface area contributed by atoms with E-state index in [1.54, 1.807) is 11.3 Å². The van der Waals surface area contributed by atoms with Gasteiger partial charge in [-0.05, 0) is 42.5 Å². The maximum Gasteiger partial charge on any atom is 0.416 e. The van der Waals surface area contributed by atoms with Gasteiger partial charge in [0.05, 0.1) is 6.04 Å². The summed E-state index contributed by atoms with van der Waals surface area (Å²) in [6.45, 7) is 4.69. The van der Waals surface area contributed by atoms with E-state index in [1.165, 1.54) is 37.7 Å². The number of ether oxygens (including phenoxy) is 2. The average Bonchev–Trinajstić information content (AvgIpc) is 3.55. The van der Waals surface area contributed by atoms with Gasteiger partial charge in [-0.2, -0.15) is 0 Å². The van der Waals surface area contributed by atoms with Crippen LogP contribution in [0.2, 0.25) is 5.02 Å². The van der Waals surface area contributed by atoms with E-state index in [1.807, 2.05) is 35.2 Å². The summed E-state index contributed by atoms with van der Waals surface area (Å²) in [4.78, 5) is 20.6. The quantitative estimate of drug-likeness (QED) is 0.566. The van der Waals surface area contributed by atoms with E-state index in [-0.39, 0.29) is 12.1 Å². The molecule has 1 saturated heterocycles. The minimum absolute atomic E-state index is 0.254. The SMILES string of the molecule is CO[C@H](O)[C@H](c1ccccc1Cl)N1CCc2sc(OC(=O)N3CCN(C4CCCC4)CC3)cc2C1. The number of carbonyl (C=O) groups is 1. The van der Waals surface area contributed by atoms with Gasteiger partial charge in [-0.25, -0.2) is 4.79 Å². The number of halogens is 1. The van der Waals surface area contributed by atoms with E-state index in [0.29, 0.717) is 22.7 Å². The van der Waals surface area contributed by atoms with Gasteiger partial charge >= 0.3 is 6.09 Å². The molecule has 0 spiro atoms. The number of hydrogen-bond acceptors (Lipinski definition) is 7. The zero-order valence-electron chi connectivity index (χ0n) is 20.2. The standard InChI is InChI=1S/C26H34ClN3O4S/c1-33-25(31)24(20-8-4-5-9-21(20)27)30-11-10-22-18(17-30)16-23(35-22)34-26(32)29-14-12-28(13-15-29)19-6-2-3-7-19/h4-5,8-9,16,19,24-25,31H,2-3,6-7,10-15,17H2,1H3/t24-,25-/m0/s1. The smallest absolute Gasteiger partial charge is 0.399 e. The molecule has 5 rings (SSSR count). The summed E-state index contributed by atoms with van der Waals surface area (Å²) in [6.07, 6.45) is 4.80. The van der Waals surface area contributed by atoms with Crippen molar-refractivity contribution in [3.05, 3.63) is 51.4 Å². The lowest BCUT2D eigenvalue weighted by Gasteiger charge is -2.37. The zero-order chi connectivity index (χ0) is 24.4. The third-order valence-corrected chi connectivity index (χ3v) is 9.06. The van der Waals surface area contributed by atoms with E-state index < -0.39 is 6.29 Å². The Kier molecular flexibility index (Phi) is 7.96. The number of rotatable bonds is 6. The first-order valence-electron chi connectivity index (χ1n) is 12.5. The van der Waals surface area contributed by atoms with Crippen LogP contribution in [0.15, 0.2) is 30.3 Å². The fourth-order valence-electron chi connectivity index (χ4n) is 5.68. The van der Waals surface area contributed by atoms with Crippen LogP contribution in [0.3, 0.4) is 0 Å². The summed E-state index contributed by atoms with van der Waals surface area (Å²) in [5.41, 5.74) is 1.96. The van der Waals surface area contributed by atoms with Crippen LogP contribution in [-0.4, -0.2) is 78.1 Å². The van der Waals surface area contributed by atoms with Crippen LogP contribution in [-0.2, 0) is 17.7 Å². The van der Waals surface area contributed by atoms with Crippen molar-refractivity contribution in [1.29, 1.82) is 0 Å². The van der Waals surface area contributed by atoms with Crippen LogP contribution in [0.4, 0.5) is 4.79 Å². The Labute approximate surface area is 216 Å².